The predicted octanol–water partition coefficient (Wildman–Crippen LogP) is 6.57. The van der Waals surface area contributed by atoms with E-state index in [0.717, 1.165) is 38.8 Å². The number of alkyl halides is 2. The Kier molecular flexibility index (Phi) is 12.4. The molecular weight excluding hydrogens is 725 g/mol. The van der Waals surface area contributed by atoms with Gasteiger partial charge in [-0.3, -0.25) is 9.99 Å². The van der Waals surface area contributed by atoms with E-state index in [1.807, 2.05) is 24.3 Å². The van der Waals surface area contributed by atoms with E-state index in [1.54, 1.807) is 41.5 Å². The van der Waals surface area contributed by atoms with Gasteiger partial charge in [0.05, 0.1) is 24.2 Å². The molecule has 0 aliphatic heterocycles. The number of rotatable bonds is 11. The molecule has 252 valence electrons. The number of ether oxygens (including phenoxy) is 2. The van der Waals surface area contributed by atoms with Crippen LogP contribution in [0.3, 0.4) is 0 Å². The first kappa shape index (κ1) is 37.0. The number of aliphatic hydroxyl groups is 1. The maximum absolute atomic E-state index is 15.3. The zero-order valence-electron chi connectivity index (χ0n) is 26.3. The third-order valence-corrected chi connectivity index (χ3v) is 6.92. The van der Waals surface area contributed by atoms with E-state index < -0.39 is 72.4 Å². The van der Waals surface area contributed by atoms with Crippen LogP contribution in [0.15, 0.2) is 48.9 Å². The fourth-order valence-corrected chi connectivity index (χ4v) is 4.59. The number of hydrogen-bond acceptors (Lipinski definition) is 7. The van der Waals surface area contributed by atoms with Gasteiger partial charge in [-0.05, 0) is 100 Å². The summed E-state index contributed by atoms with van der Waals surface area (Å²) in [5, 5.41) is 15.1. The minimum atomic E-state index is -2.88. The fourth-order valence-electron chi connectivity index (χ4n) is 4.23. The van der Waals surface area contributed by atoms with E-state index >= 15 is 8.78 Å². The zero-order chi connectivity index (χ0) is 34.4. The lowest BCUT2D eigenvalue weighted by molar-refractivity contribution is 0.01000. The van der Waals surface area contributed by atoms with Crippen molar-refractivity contribution >= 4 is 34.8 Å². The molecule has 15 heteroatoms. The first-order chi connectivity index (χ1) is 21.3. The van der Waals surface area contributed by atoms with Crippen LogP contribution in [-0.4, -0.2) is 61.7 Å². The summed E-state index contributed by atoms with van der Waals surface area (Å²) in [5.41, 5.74) is 0.805. The maximum atomic E-state index is 15.3. The molecule has 0 fully saturated rings. The van der Waals surface area contributed by atoms with Crippen LogP contribution >= 0.6 is 22.6 Å². The molecule has 3 N–H and O–H groups in total. The van der Waals surface area contributed by atoms with Gasteiger partial charge in [0.15, 0.2) is 0 Å². The summed E-state index contributed by atoms with van der Waals surface area (Å²) in [5.74, 6) is -2.09. The second-order valence-electron chi connectivity index (χ2n) is 12.5. The van der Waals surface area contributed by atoms with Crippen molar-refractivity contribution in [2.75, 3.05) is 6.54 Å². The molecule has 2 atom stereocenters. The summed E-state index contributed by atoms with van der Waals surface area (Å²) >= 11 is 2.14. The summed E-state index contributed by atoms with van der Waals surface area (Å²) < 4.78 is 68.8. The van der Waals surface area contributed by atoms with Gasteiger partial charge in [-0.15, -0.1) is 0 Å². The van der Waals surface area contributed by atoms with Gasteiger partial charge in [0, 0.05) is 34.0 Å². The van der Waals surface area contributed by atoms with Crippen molar-refractivity contribution in [3.05, 3.63) is 75.3 Å². The fraction of sp³-hybridized carbons (Fsp3) is 0.452. The lowest BCUT2D eigenvalue weighted by Crippen LogP contribution is -2.54. The van der Waals surface area contributed by atoms with Crippen LogP contribution in [0.2, 0.25) is 0 Å². The minimum absolute atomic E-state index is 0.0736. The summed E-state index contributed by atoms with van der Waals surface area (Å²) in [6.45, 7) is 6.05. The molecule has 2 aromatic carbocycles. The quantitative estimate of drug-likeness (QED) is 0.115. The second-order valence-corrected chi connectivity index (χ2v) is 13.8. The predicted molar refractivity (Wildman–Crippen MR) is 171 cm³/mol. The number of carbonyl (C=O) groups excluding carboxylic acids is 2. The highest BCUT2D eigenvalue weighted by atomic mass is 127. The molecule has 0 radical (unpaired) electrons. The molecule has 46 heavy (non-hydrogen) atoms. The van der Waals surface area contributed by atoms with Crippen LogP contribution in [-0.2, 0) is 22.4 Å². The van der Waals surface area contributed by atoms with Crippen LogP contribution in [0.4, 0.5) is 27.2 Å². The minimum Gasteiger partial charge on any atom is -0.444 e. The van der Waals surface area contributed by atoms with E-state index in [9.17, 15) is 23.5 Å². The molecular formula is C31H38F4IN5O5. The normalized spacial score (nSPS) is 13.4. The summed E-state index contributed by atoms with van der Waals surface area (Å²) in [6, 6.07) is 8.27. The Hall–Kier alpha value is -3.44. The summed E-state index contributed by atoms with van der Waals surface area (Å²) in [7, 11) is 0. The van der Waals surface area contributed by atoms with Gasteiger partial charge >= 0.3 is 18.7 Å². The third kappa shape index (κ3) is 11.7. The van der Waals surface area contributed by atoms with E-state index in [-0.39, 0.29) is 17.7 Å². The van der Waals surface area contributed by atoms with Crippen LogP contribution in [0.1, 0.15) is 59.2 Å². The number of halogens is 5. The Morgan fingerprint density at radius 3 is 2.09 bits per heavy atom. The zero-order valence-corrected chi connectivity index (χ0v) is 28.4. The number of benzene rings is 2. The first-order valence-corrected chi connectivity index (χ1v) is 15.3. The number of hydrazine groups is 1. The van der Waals surface area contributed by atoms with E-state index in [4.69, 9.17) is 9.47 Å². The Morgan fingerprint density at radius 2 is 1.57 bits per heavy atom. The summed E-state index contributed by atoms with van der Waals surface area (Å²) in [4.78, 5) is 29.2. The van der Waals surface area contributed by atoms with Gasteiger partial charge in [-0.2, -0.15) is 8.78 Å². The van der Waals surface area contributed by atoms with Crippen molar-refractivity contribution in [3.63, 3.8) is 0 Å². The molecule has 0 unspecified atom stereocenters. The number of imidazole rings is 1. The van der Waals surface area contributed by atoms with Gasteiger partial charge in [0.25, 0.3) is 0 Å². The molecule has 0 aliphatic carbocycles. The molecule has 0 saturated heterocycles. The molecule has 2 amide bonds. The van der Waals surface area contributed by atoms with Crippen molar-refractivity contribution < 1.29 is 41.7 Å². The molecule has 10 nitrogen and oxygen atoms in total. The largest absolute Gasteiger partial charge is 0.444 e. The number of amides is 2. The molecule has 1 heterocycles. The molecule has 1 aromatic heterocycles. The maximum Gasteiger partial charge on any atom is 0.422 e. The standard InChI is InChI=1S/C31H38F4IN5O5/c1-30(2,3)45-28(43)38-24(11-18-7-9-20(36)10-8-18)26(42)16-41(39-29(44)46-31(4,5)6)14-21-22(32)12-19(13-23(21)33)25-15-40(17-37-25)27(34)35/h7-10,12-13,15,17,24,26-27,42H,11,14,16H2,1-6H3,(H,38,43)(H,39,44)/t24-,26-/m0/s1. The number of nitrogens with one attached hydrogen (secondary N) is 2. The van der Waals surface area contributed by atoms with Crippen LogP contribution < -0.4 is 10.7 Å². The number of aliphatic hydroxyl groups excluding tert-OH is 1. The monoisotopic (exact) mass is 763 g/mol. The SMILES string of the molecule is CC(C)(C)OC(=O)N[C@@H](Cc1ccc(I)cc1)[C@@H](O)CN(Cc1c(F)cc(-c2cn(C(F)F)cn2)cc1F)NC(=O)OC(C)(C)C. The van der Waals surface area contributed by atoms with Crippen molar-refractivity contribution in [1.82, 2.24) is 25.3 Å². The number of aromatic nitrogens is 2. The highest BCUT2D eigenvalue weighted by Crippen LogP contribution is 2.26. The van der Waals surface area contributed by atoms with Gasteiger partial charge in [-0.25, -0.2) is 28.4 Å². The summed E-state index contributed by atoms with van der Waals surface area (Å²) in [6.07, 6.45) is -1.20. The molecule has 0 bridgehead atoms. The molecule has 0 spiro atoms. The van der Waals surface area contributed by atoms with Crippen LogP contribution in [0.25, 0.3) is 11.3 Å². The van der Waals surface area contributed by atoms with Gasteiger partial charge in [0.2, 0.25) is 0 Å². The Balaban J connectivity index is 1.91. The molecule has 0 aliphatic rings. The Labute approximate surface area is 278 Å². The van der Waals surface area contributed by atoms with E-state index in [0.29, 0.717) is 4.57 Å². The van der Waals surface area contributed by atoms with Crippen LogP contribution in [0, 0.1) is 15.2 Å². The topological polar surface area (TPSA) is 118 Å². The average molecular weight is 764 g/mol. The van der Waals surface area contributed by atoms with E-state index in [1.165, 1.54) is 0 Å². The van der Waals surface area contributed by atoms with Gasteiger partial charge in [0.1, 0.15) is 22.8 Å². The van der Waals surface area contributed by atoms with Crippen molar-refractivity contribution in [3.8, 4) is 11.3 Å². The number of hydrogen-bond donors (Lipinski definition) is 3. The highest BCUT2D eigenvalue weighted by Gasteiger charge is 2.29. The second kappa shape index (κ2) is 15.4. The molecule has 3 rings (SSSR count). The number of alkyl carbamates (subject to hydrolysis) is 1. The Bertz CT molecular complexity index is 1470. The first-order valence-electron chi connectivity index (χ1n) is 14.3. The van der Waals surface area contributed by atoms with Gasteiger partial charge < -0.3 is 19.9 Å². The van der Waals surface area contributed by atoms with Crippen molar-refractivity contribution in [1.29, 1.82) is 0 Å². The van der Waals surface area contributed by atoms with Crippen molar-refractivity contribution in [2.45, 2.75) is 84.4 Å². The lowest BCUT2D eigenvalue weighted by Gasteiger charge is -2.32. The third-order valence-electron chi connectivity index (χ3n) is 6.20. The average Bonchev–Trinajstić information content (AvgIpc) is 3.40. The lowest BCUT2D eigenvalue weighted by atomic mass is 10.0. The smallest absolute Gasteiger partial charge is 0.422 e. The molecule has 0 saturated carbocycles. The Morgan fingerprint density at radius 1 is 1.00 bits per heavy atom. The number of nitrogens with zero attached hydrogens (tertiary/aromatic N) is 3. The van der Waals surface area contributed by atoms with Crippen molar-refractivity contribution in [2.24, 2.45) is 0 Å². The number of carbonyl (C=O) groups is 2. The van der Waals surface area contributed by atoms with Gasteiger partial charge in [-0.1, -0.05) is 12.1 Å². The highest BCUT2D eigenvalue weighted by molar-refractivity contribution is 14.1. The molecule has 3 aromatic rings. The van der Waals surface area contributed by atoms with Crippen LogP contribution in [0.5, 0.6) is 0 Å². The van der Waals surface area contributed by atoms with E-state index in [2.05, 4.69) is 38.3 Å².